The Morgan fingerprint density at radius 3 is 2.61 bits per heavy atom. The fraction of sp³-hybridized carbons (Fsp3) is 0.429. The van der Waals surface area contributed by atoms with Crippen LogP contribution in [0.1, 0.15) is 36.1 Å². The van der Waals surface area contributed by atoms with Crippen molar-refractivity contribution in [3.8, 4) is 11.8 Å². The summed E-state index contributed by atoms with van der Waals surface area (Å²) in [5.41, 5.74) is 8.11. The van der Waals surface area contributed by atoms with Crippen LogP contribution in [0.25, 0.3) is 0 Å². The van der Waals surface area contributed by atoms with Crippen LogP contribution in [0.5, 0.6) is 0 Å². The smallest absolute Gasteiger partial charge is 0.222 e. The number of pyridine rings is 1. The number of carbonyl (C=O) groups is 1. The van der Waals surface area contributed by atoms with Gasteiger partial charge in [0, 0.05) is 45.4 Å². The maximum Gasteiger partial charge on any atom is 0.222 e. The minimum atomic E-state index is 0.194. The van der Waals surface area contributed by atoms with E-state index in [2.05, 4.69) is 31.7 Å². The van der Waals surface area contributed by atoms with Gasteiger partial charge in [-0.1, -0.05) is 11.8 Å². The van der Waals surface area contributed by atoms with Crippen LogP contribution >= 0.6 is 0 Å². The lowest BCUT2D eigenvalue weighted by Crippen LogP contribution is -2.36. The van der Waals surface area contributed by atoms with Crippen LogP contribution in [-0.2, 0) is 4.79 Å². The molecule has 146 valence electrons. The second-order valence-corrected chi connectivity index (χ2v) is 7.30. The third kappa shape index (κ3) is 4.77. The lowest BCUT2D eigenvalue weighted by atomic mass is 9.93. The van der Waals surface area contributed by atoms with E-state index in [4.69, 9.17) is 5.73 Å². The Hall–Kier alpha value is -3.14. The third-order valence-corrected chi connectivity index (χ3v) is 5.01. The number of aromatic nitrogens is 3. The van der Waals surface area contributed by atoms with Crippen LogP contribution in [-0.4, -0.2) is 52.9 Å². The van der Waals surface area contributed by atoms with Crippen molar-refractivity contribution >= 4 is 17.5 Å². The molecule has 2 aromatic rings. The molecule has 0 spiro atoms. The maximum atomic E-state index is 12.0. The summed E-state index contributed by atoms with van der Waals surface area (Å²) in [6.07, 6.45) is 5.80. The molecule has 0 unspecified atom stereocenters. The molecule has 0 aliphatic carbocycles. The molecule has 0 saturated carbocycles. The molecule has 2 N–H and O–H groups in total. The van der Waals surface area contributed by atoms with Crippen molar-refractivity contribution in [2.75, 3.05) is 37.8 Å². The van der Waals surface area contributed by atoms with E-state index in [0.717, 1.165) is 48.6 Å². The van der Waals surface area contributed by atoms with Crippen molar-refractivity contribution in [3.05, 3.63) is 41.5 Å². The molecule has 0 radical (unpaired) electrons. The van der Waals surface area contributed by atoms with Crippen LogP contribution in [0.3, 0.4) is 0 Å². The quantitative estimate of drug-likeness (QED) is 0.820. The number of hydrogen-bond donors (Lipinski definition) is 1. The van der Waals surface area contributed by atoms with Gasteiger partial charge in [-0.3, -0.25) is 4.79 Å². The van der Waals surface area contributed by atoms with Crippen LogP contribution in [0.15, 0.2) is 24.7 Å². The summed E-state index contributed by atoms with van der Waals surface area (Å²) in [6, 6.07) is 3.58. The first-order valence-electron chi connectivity index (χ1n) is 9.44. The minimum absolute atomic E-state index is 0.194. The number of hydrogen-bond acceptors (Lipinski definition) is 6. The second-order valence-electron chi connectivity index (χ2n) is 7.30. The van der Waals surface area contributed by atoms with Crippen molar-refractivity contribution in [2.45, 2.75) is 26.2 Å². The normalized spacial score (nSPS) is 14.3. The molecule has 0 aromatic carbocycles. The van der Waals surface area contributed by atoms with Crippen LogP contribution in [0, 0.1) is 24.7 Å². The number of carbonyl (C=O) groups excluding carboxylic acids is 1. The molecule has 1 saturated heterocycles. The zero-order chi connectivity index (χ0) is 20.1. The highest BCUT2D eigenvalue weighted by molar-refractivity contribution is 5.75. The van der Waals surface area contributed by atoms with E-state index < -0.39 is 0 Å². The molecule has 2 aromatic heterocycles. The number of anilines is 2. The van der Waals surface area contributed by atoms with E-state index in [0.29, 0.717) is 18.2 Å². The Kier molecular flexibility index (Phi) is 6.09. The summed E-state index contributed by atoms with van der Waals surface area (Å²) in [5.74, 6) is 8.30. The summed E-state index contributed by atoms with van der Waals surface area (Å²) in [7, 11) is 3.62. The molecule has 1 aliphatic rings. The maximum absolute atomic E-state index is 12.0. The molecule has 1 aliphatic heterocycles. The van der Waals surface area contributed by atoms with Gasteiger partial charge in [-0.05, 0) is 37.8 Å². The Labute approximate surface area is 166 Å². The largest absolute Gasteiger partial charge is 0.384 e. The number of amides is 1. The molecule has 28 heavy (non-hydrogen) atoms. The van der Waals surface area contributed by atoms with E-state index in [9.17, 15) is 4.79 Å². The number of nitrogens with two attached hydrogens (primary N) is 1. The van der Waals surface area contributed by atoms with Gasteiger partial charge in [0.2, 0.25) is 5.91 Å². The minimum Gasteiger partial charge on any atom is -0.384 e. The molecule has 0 bridgehead atoms. The first-order valence-corrected chi connectivity index (χ1v) is 9.44. The van der Waals surface area contributed by atoms with Gasteiger partial charge in [0.15, 0.2) is 0 Å². The second kappa shape index (κ2) is 8.70. The van der Waals surface area contributed by atoms with Gasteiger partial charge >= 0.3 is 0 Å². The topological polar surface area (TPSA) is 88.2 Å². The number of nitrogen functional groups attached to an aromatic ring is 1. The number of nitrogens with zero attached hydrogens (tertiary/aromatic N) is 5. The lowest BCUT2D eigenvalue weighted by Gasteiger charge is -2.33. The molecule has 3 heterocycles. The zero-order valence-corrected chi connectivity index (χ0v) is 16.6. The van der Waals surface area contributed by atoms with E-state index in [1.165, 1.54) is 0 Å². The highest BCUT2D eigenvalue weighted by Gasteiger charge is 2.24. The van der Waals surface area contributed by atoms with Gasteiger partial charge in [-0.25, -0.2) is 15.0 Å². The fourth-order valence-corrected chi connectivity index (χ4v) is 3.24. The summed E-state index contributed by atoms with van der Waals surface area (Å²) < 4.78 is 0. The molecule has 7 nitrogen and oxygen atoms in total. The average molecular weight is 378 g/mol. The van der Waals surface area contributed by atoms with Gasteiger partial charge in [0.05, 0.1) is 11.3 Å². The first-order chi connectivity index (χ1) is 13.4. The Bertz CT molecular complexity index is 889. The number of piperidine rings is 1. The van der Waals surface area contributed by atoms with E-state index in [-0.39, 0.29) is 5.91 Å². The molecule has 1 fully saturated rings. The SMILES string of the molecule is Cc1ncnc(N2CCC(CC(=O)N(C)C)CC2)c1C#Cc1ccc(N)nc1. The summed E-state index contributed by atoms with van der Waals surface area (Å²) in [4.78, 5) is 28.8. The molecule has 1 amide bonds. The molecular formula is C21H26N6O. The van der Waals surface area contributed by atoms with Gasteiger partial charge in [0.1, 0.15) is 18.0 Å². The van der Waals surface area contributed by atoms with E-state index in [1.807, 2.05) is 27.1 Å². The van der Waals surface area contributed by atoms with Gasteiger partial charge < -0.3 is 15.5 Å². The third-order valence-electron chi connectivity index (χ3n) is 5.01. The van der Waals surface area contributed by atoms with Crippen molar-refractivity contribution in [1.29, 1.82) is 0 Å². The van der Waals surface area contributed by atoms with Gasteiger partial charge in [-0.2, -0.15) is 0 Å². The number of aryl methyl sites for hydroxylation is 1. The standard InChI is InChI=1S/C21H26N6O/c1-15-18(6-4-17-5-7-19(22)23-13-17)21(25-14-24-15)27-10-8-16(9-11-27)12-20(28)26(2)3/h5,7,13-14,16H,8-12H2,1-3H3,(H2,22,23). The molecule has 0 atom stereocenters. The fourth-order valence-electron chi connectivity index (χ4n) is 3.24. The monoisotopic (exact) mass is 378 g/mol. The van der Waals surface area contributed by atoms with Gasteiger partial charge in [-0.15, -0.1) is 0 Å². The highest BCUT2D eigenvalue weighted by Crippen LogP contribution is 2.27. The predicted molar refractivity (Wildman–Crippen MR) is 110 cm³/mol. The highest BCUT2D eigenvalue weighted by atomic mass is 16.2. The Morgan fingerprint density at radius 2 is 1.96 bits per heavy atom. The van der Waals surface area contributed by atoms with Crippen LogP contribution < -0.4 is 10.6 Å². The average Bonchev–Trinajstić information content (AvgIpc) is 2.68. The van der Waals surface area contributed by atoms with Crippen molar-refractivity contribution in [3.63, 3.8) is 0 Å². The van der Waals surface area contributed by atoms with E-state index in [1.54, 1.807) is 23.5 Å². The Balaban J connectivity index is 1.75. The molecular weight excluding hydrogens is 352 g/mol. The summed E-state index contributed by atoms with van der Waals surface area (Å²) in [6.45, 7) is 3.67. The summed E-state index contributed by atoms with van der Waals surface area (Å²) in [5, 5.41) is 0. The lowest BCUT2D eigenvalue weighted by molar-refractivity contribution is -0.129. The van der Waals surface area contributed by atoms with Crippen molar-refractivity contribution in [2.24, 2.45) is 5.92 Å². The van der Waals surface area contributed by atoms with Gasteiger partial charge in [0.25, 0.3) is 0 Å². The predicted octanol–water partition coefficient (Wildman–Crippen LogP) is 1.86. The zero-order valence-electron chi connectivity index (χ0n) is 16.6. The molecule has 3 rings (SSSR count). The number of rotatable bonds is 3. The first kappa shape index (κ1) is 19.6. The van der Waals surface area contributed by atoms with Crippen molar-refractivity contribution in [1.82, 2.24) is 19.9 Å². The van der Waals surface area contributed by atoms with E-state index >= 15 is 0 Å². The molecule has 7 heteroatoms. The van der Waals surface area contributed by atoms with Crippen molar-refractivity contribution < 1.29 is 4.79 Å². The van der Waals surface area contributed by atoms with Crippen LogP contribution in [0.2, 0.25) is 0 Å². The Morgan fingerprint density at radius 1 is 1.21 bits per heavy atom. The summed E-state index contributed by atoms with van der Waals surface area (Å²) >= 11 is 0. The van der Waals surface area contributed by atoms with Crippen LogP contribution in [0.4, 0.5) is 11.6 Å².